The SMILES string of the molecule is COc1ccc(CNC(=O)c2c(-c3ccccc3Cl)noc2C)cc1. The van der Waals surface area contributed by atoms with Gasteiger partial charge in [0.2, 0.25) is 0 Å². The van der Waals surface area contributed by atoms with E-state index in [1.54, 1.807) is 26.2 Å². The van der Waals surface area contributed by atoms with Crippen LogP contribution in [0.1, 0.15) is 21.7 Å². The Balaban J connectivity index is 1.80. The predicted octanol–water partition coefficient (Wildman–Crippen LogP) is 4.24. The molecule has 0 fully saturated rings. The Hall–Kier alpha value is -2.79. The normalized spacial score (nSPS) is 10.5. The minimum Gasteiger partial charge on any atom is -0.497 e. The van der Waals surface area contributed by atoms with E-state index in [0.29, 0.717) is 34.1 Å². The molecule has 0 atom stereocenters. The van der Waals surface area contributed by atoms with Crippen molar-refractivity contribution in [3.63, 3.8) is 0 Å². The number of benzene rings is 2. The van der Waals surface area contributed by atoms with Gasteiger partial charge in [-0.05, 0) is 30.7 Å². The van der Waals surface area contributed by atoms with Crippen LogP contribution < -0.4 is 10.1 Å². The Labute approximate surface area is 150 Å². The summed E-state index contributed by atoms with van der Waals surface area (Å²) >= 11 is 6.22. The summed E-state index contributed by atoms with van der Waals surface area (Å²) in [6.07, 6.45) is 0. The number of aryl methyl sites for hydroxylation is 1. The van der Waals surface area contributed by atoms with Crippen molar-refractivity contribution in [2.75, 3.05) is 7.11 Å². The molecule has 25 heavy (non-hydrogen) atoms. The molecule has 0 spiro atoms. The Kier molecular flexibility index (Phi) is 5.05. The highest BCUT2D eigenvalue weighted by Gasteiger charge is 2.22. The van der Waals surface area contributed by atoms with Crippen molar-refractivity contribution in [2.45, 2.75) is 13.5 Å². The van der Waals surface area contributed by atoms with Crippen LogP contribution in [0.4, 0.5) is 0 Å². The molecule has 128 valence electrons. The third-order valence-corrected chi connectivity index (χ3v) is 4.16. The third kappa shape index (κ3) is 3.67. The quantitative estimate of drug-likeness (QED) is 0.742. The van der Waals surface area contributed by atoms with Crippen molar-refractivity contribution >= 4 is 17.5 Å². The number of nitrogens with one attached hydrogen (secondary N) is 1. The second-order valence-corrected chi connectivity index (χ2v) is 5.88. The van der Waals surface area contributed by atoms with E-state index in [0.717, 1.165) is 11.3 Å². The lowest BCUT2D eigenvalue weighted by Crippen LogP contribution is -2.23. The van der Waals surface area contributed by atoms with Crippen LogP contribution in [-0.4, -0.2) is 18.2 Å². The average Bonchev–Trinajstić information content (AvgIpc) is 3.02. The number of hydrogen-bond acceptors (Lipinski definition) is 4. The molecule has 0 unspecified atom stereocenters. The lowest BCUT2D eigenvalue weighted by Gasteiger charge is -2.07. The number of halogens is 1. The van der Waals surface area contributed by atoms with Crippen molar-refractivity contribution in [3.05, 3.63) is 70.4 Å². The summed E-state index contributed by atoms with van der Waals surface area (Å²) in [4.78, 5) is 12.6. The van der Waals surface area contributed by atoms with Gasteiger partial charge < -0.3 is 14.6 Å². The van der Waals surface area contributed by atoms with Crippen LogP contribution in [0.2, 0.25) is 5.02 Å². The van der Waals surface area contributed by atoms with Crippen molar-refractivity contribution in [3.8, 4) is 17.0 Å². The second kappa shape index (κ2) is 7.40. The minimum atomic E-state index is -0.260. The summed E-state index contributed by atoms with van der Waals surface area (Å²) in [5.74, 6) is 0.956. The molecule has 3 rings (SSSR count). The first-order chi connectivity index (χ1) is 12.1. The van der Waals surface area contributed by atoms with Crippen molar-refractivity contribution < 1.29 is 14.1 Å². The van der Waals surface area contributed by atoms with Gasteiger partial charge in [-0.15, -0.1) is 0 Å². The molecule has 3 aromatic rings. The van der Waals surface area contributed by atoms with Gasteiger partial charge >= 0.3 is 0 Å². The summed E-state index contributed by atoms with van der Waals surface area (Å²) in [7, 11) is 1.61. The molecule has 1 N–H and O–H groups in total. The standard InChI is InChI=1S/C19H17ClN2O3/c1-12-17(18(22-25-12)15-5-3-4-6-16(15)20)19(23)21-11-13-7-9-14(24-2)10-8-13/h3-10H,11H2,1-2H3,(H,21,23). The summed E-state index contributed by atoms with van der Waals surface area (Å²) in [6.45, 7) is 2.09. The van der Waals surface area contributed by atoms with Gasteiger partial charge in [0.15, 0.2) is 0 Å². The van der Waals surface area contributed by atoms with Crippen LogP contribution in [0.15, 0.2) is 53.1 Å². The molecule has 1 heterocycles. The first-order valence-electron chi connectivity index (χ1n) is 7.72. The molecule has 5 nitrogen and oxygen atoms in total. The van der Waals surface area contributed by atoms with E-state index in [1.807, 2.05) is 36.4 Å². The highest BCUT2D eigenvalue weighted by atomic mass is 35.5. The molecule has 0 radical (unpaired) electrons. The monoisotopic (exact) mass is 356 g/mol. The maximum absolute atomic E-state index is 12.6. The first kappa shape index (κ1) is 17.0. The van der Waals surface area contributed by atoms with Crippen LogP contribution >= 0.6 is 11.6 Å². The second-order valence-electron chi connectivity index (χ2n) is 5.47. The number of amides is 1. The Morgan fingerprint density at radius 1 is 1.20 bits per heavy atom. The first-order valence-corrected chi connectivity index (χ1v) is 8.10. The fourth-order valence-electron chi connectivity index (χ4n) is 2.49. The number of ether oxygens (including phenoxy) is 1. The fraction of sp³-hybridized carbons (Fsp3) is 0.158. The molecule has 0 bridgehead atoms. The molecule has 0 saturated heterocycles. The van der Waals surface area contributed by atoms with E-state index < -0.39 is 0 Å². The van der Waals surface area contributed by atoms with Crippen molar-refractivity contribution in [1.82, 2.24) is 10.5 Å². The Morgan fingerprint density at radius 3 is 2.60 bits per heavy atom. The Bertz CT molecular complexity index is 888. The van der Waals surface area contributed by atoms with Gasteiger partial charge in [-0.1, -0.05) is 47.1 Å². The predicted molar refractivity (Wildman–Crippen MR) is 95.9 cm³/mol. The van der Waals surface area contributed by atoms with E-state index in [4.69, 9.17) is 20.9 Å². The van der Waals surface area contributed by atoms with Gasteiger partial charge in [0.05, 0.1) is 12.1 Å². The number of hydrogen-bond donors (Lipinski definition) is 1. The smallest absolute Gasteiger partial charge is 0.257 e. The fourth-order valence-corrected chi connectivity index (χ4v) is 2.72. The lowest BCUT2D eigenvalue weighted by atomic mass is 10.1. The molecule has 0 aliphatic heterocycles. The number of rotatable bonds is 5. The number of carbonyl (C=O) groups is 1. The van der Waals surface area contributed by atoms with Crippen molar-refractivity contribution in [1.29, 1.82) is 0 Å². The van der Waals surface area contributed by atoms with E-state index in [-0.39, 0.29) is 5.91 Å². The Morgan fingerprint density at radius 2 is 1.92 bits per heavy atom. The maximum Gasteiger partial charge on any atom is 0.257 e. The van der Waals surface area contributed by atoms with Crippen molar-refractivity contribution in [2.24, 2.45) is 0 Å². The number of carbonyl (C=O) groups excluding carboxylic acids is 1. The van der Waals surface area contributed by atoms with Gasteiger partial charge in [-0.25, -0.2) is 0 Å². The summed E-state index contributed by atoms with van der Waals surface area (Å²) in [5.41, 5.74) is 2.45. The van der Waals surface area contributed by atoms with Crippen LogP contribution in [0.5, 0.6) is 5.75 Å². The average molecular weight is 357 g/mol. The van der Waals surface area contributed by atoms with Gasteiger partial charge in [0, 0.05) is 12.1 Å². The largest absolute Gasteiger partial charge is 0.497 e. The molecule has 1 aromatic heterocycles. The van der Waals surface area contributed by atoms with Gasteiger partial charge in [0.25, 0.3) is 5.91 Å². The number of methoxy groups -OCH3 is 1. The molecular weight excluding hydrogens is 340 g/mol. The molecule has 1 amide bonds. The number of nitrogens with zero attached hydrogens (tertiary/aromatic N) is 1. The zero-order chi connectivity index (χ0) is 17.8. The van der Waals surface area contributed by atoms with Gasteiger partial charge in [-0.3, -0.25) is 4.79 Å². The molecule has 0 aliphatic rings. The third-order valence-electron chi connectivity index (χ3n) is 3.83. The highest BCUT2D eigenvalue weighted by molar-refractivity contribution is 6.33. The molecule has 0 saturated carbocycles. The summed E-state index contributed by atoms with van der Waals surface area (Å²) in [6, 6.07) is 14.7. The summed E-state index contributed by atoms with van der Waals surface area (Å²) in [5, 5.41) is 7.41. The summed E-state index contributed by atoms with van der Waals surface area (Å²) < 4.78 is 10.3. The van der Waals surface area contributed by atoms with Gasteiger partial charge in [-0.2, -0.15) is 0 Å². The van der Waals surface area contributed by atoms with E-state index in [1.165, 1.54) is 0 Å². The van der Waals surface area contributed by atoms with E-state index in [2.05, 4.69) is 10.5 Å². The van der Waals surface area contributed by atoms with E-state index in [9.17, 15) is 4.79 Å². The highest BCUT2D eigenvalue weighted by Crippen LogP contribution is 2.30. The van der Waals surface area contributed by atoms with Crippen LogP contribution in [0, 0.1) is 6.92 Å². The van der Waals surface area contributed by atoms with Crippen LogP contribution in [0.25, 0.3) is 11.3 Å². The maximum atomic E-state index is 12.6. The number of aromatic nitrogens is 1. The van der Waals surface area contributed by atoms with Crippen LogP contribution in [0.3, 0.4) is 0 Å². The topological polar surface area (TPSA) is 64.4 Å². The molecule has 2 aromatic carbocycles. The molecule has 6 heteroatoms. The molecule has 0 aliphatic carbocycles. The minimum absolute atomic E-state index is 0.260. The zero-order valence-electron chi connectivity index (χ0n) is 13.9. The van der Waals surface area contributed by atoms with Gasteiger partial charge in [0.1, 0.15) is 22.8 Å². The van der Waals surface area contributed by atoms with E-state index >= 15 is 0 Å². The lowest BCUT2D eigenvalue weighted by molar-refractivity contribution is 0.0950. The zero-order valence-corrected chi connectivity index (χ0v) is 14.6. The molecular formula is C19H17ClN2O3. The van der Waals surface area contributed by atoms with Crippen LogP contribution in [-0.2, 0) is 6.54 Å².